The fourth-order valence-electron chi connectivity index (χ4n) is 2.74. The molecule has 90 valence electrons. The Bertz CT molecular complexity index is 517. The molecule has 0 radical (unpaired) electrons. The van der Waals surface area contributed by atoms with Crippen molar-refractivity contribution in [3.05, 3.63) is 23.8 Å². The first-order valence-electron chi connectivity index (χ1n) is 6.14. The molecule has 0 unspecified atom stereocenters. The molecule has 1 aliphatic rings. The fourth-order valence-corrected chi connectivity index (χ4v) is 3.02. The first kappa shape index (κ1) is 11.1. The number of aromatic nitrogens is 1. The standard InChI is InChI=1S/C13H16N2OS/c14-17-13-15-12-10(7-4-8-11(12)16-13)9-5-2-1-3-6-9/h4,7-9H,1-3,5-6,14H2. The lowest BCUT2D eigenvalue weighted by molar-refractivity contribution is 0.445. The minimum absolute atomic E-state index is 0.559. The van der Waals surface area contributed by atoms with Crippen molar-refractivity contribution in [2.75, 3.05) is 0 Å². The molecule has 1 heterocycles. The summed E-state index contributed by atoms with van der Waals surface area (Å²) in [4.78, 5) is 4.48. The zero-order valence-corrected chi connectivity index (χ0v) is 10.5. The minimum Gasteiger partial charge on any atom is -0.430 e. The van der Waals surface area contributed by atoms with E-state index in [-0.39, 0.29) is 0 Å². The van der Waals surface area contributed by atoms with Crippen molar-refractivity contribution in [1.29, 1.82) is 0 Å². The molecule has 1 aliphatic carbocycles. The quantitative estimate of drug-likeness (QED) is 0.820. The second kappa shape index (κ2) is 4.70. The summed E-state index contributed by atoms with van der Waals surface area (Å²) < 4.78 is 5.58. The third kappa shape index (κ3) is 2.07. The number of nitrogens with zero attached hydrogens (tertiary/aromatic N) is 1. The molecule has 0 amide bonds. The zero-order chi connectivity index (χ0) is 11.7. The summed E-state index contributed by atoms with van der Waals surface area (Å²) in [6.07, 6.45) is 6.58. The van der Waals surface area contributed by atoms with Crippen molar-refractivity contribution in [2.45, 2.75) is 43.2 Å². The number of fused-ring (bicyclic) bond motifs is 1. The van der Waals surface area contributed by atoms with Gasteiger partial charge in [0.2, 0.25) is 0 Å². The second-order valence-electron chi connectivity index (χ2n) is 4.63. The van der Waals surface area contributed by atoms with Gasteiger partial charge in [0.25, 0.3) is 5.22 Å². The van der Waals surface area contributed by atoms with Gasteiger partial charge in [0.15, 0.2) is 5.58 Å². The maximum atomic E-state index is 5.58. The molecule has 1 aromatic heterocycles. The van der Waals surface area contributed by atoms with E-state index in [4.69, 9.17) is 9.56 Å². The highest BCUT2D eigenvalue weighted by Crippen LogP contribution is 2.36. The Hall–Kier alpha value is -1.00. The third-order valence-corrected chi connectivity index (χ3v) is 3.95. The summed E-state index contributed by atoms with van der Waals surface area (Å²) in [7, 11) is 0. The van der Waals surface area contributed by atoms with Gasteiger partial charge < -0.3 is 4.42 Å². The summed E-state index contributed by atoms with van der Waals surface area (Å²) in [5.41, 5.74) is 3.21. The summed E-state index contributed by atoms with van der Waals surface area (Å²) in [6.45, 7) is 0. The summed E-state index contributed by atoms with van der Waals surface area (Å²) >= 11 is 1.07. The van der Waals surface area contributed by atoms with Crippen molar-refractivity contribution < 1.29 is 4.42 Å². The van der Waals surface area contributed by atoms with E-state index in [1.807, 2.05) is 6.07 Å². The Kier molecular flexibility index (Phi) is 3.07. The predicted molar refractivity (Wildman–Crippen MR) is 69.9 cm³/mol. The maximum Gasteiger partial charge on any atom is 0.272 e. The van der Waals surface area contributed by atoms with Gasteiger partial charge in [-0.1, -0.05) is 31.4 Å². The first-order valence-corrected chi connectivity index (χ1v) is 7.02. The van der Waals surface area contributed by atoms with E-state index in [0.29, 0.717) is 11.1 Å². The van der Waals surface area contributed by atoms with Crippen LogP contribution in [0, 0.1) is 0 Å². The van der Waals surface area contributed by atoms with Crippen LogP contribution < -0.4 is 5.14 Å². The monoisotopic (exact) mass is 248 g/mol. The summed E-state index contributed by atoms with van der Waals surface area (Å²) in [6, 6.07) is 6.21. The van der Waals surface area contributed by atoms with Gasteiger partial charge in [-0.15, -0.1) is 0 Å². The lowest BCUT2D eigenvalue weighted by Crippen LogP contribution is -2.04. The average Bonchev–Trinajstić information content (AvgIpc) is 2.82. The van der Waals surface area contributed by atoms with Crippen LogP contribution in [0.3, 0.4) is 0 Å². The molecule has 0 atom stereocenters. The lowest BCUT2D eigenvalue weighted by Gasteiger charge is -2.21. The Labute approximate surface area is 105 Å². The predicted octanol–water partition coefficient (Wildman–Crippen LogP) is 3.84. The van der Waals surface area contributed by atoms with Crippen molar-refractivity contribution in [3.63, 3.8) is 0 Å². The SMILES string of the molecule is NSc1nc2c(C3CCCCC3)cccc2o1. The molecule has 0 aliphatic heterocycles. The van der Waals surface area contributed by atoms with Crippen LogP contribution in [0.4, 0.5) is 0 Å². The zero-order valence-electron chi connectivity index (χ0n) is 9.69. The molecule has 3 nitrogen and oxygen atoms in total. The van der Waals surface area contributed by atoms with Gasteiger partial charge in [0.05, 0.1) is 0 Å². The Morgan fingerprint density at radius 3 is 2.82 bits per heavy atom. The van der Waals surface area contributed by atoms with Gasteiger partial charge in [-0.2, -0.15) is 0 Å². The number of hydrogen-bond donors (Lipinski definition) is 1. The van der Waals surface area contributed by atoms with E-state index in [1.165, 1.54) is 37.7 Å². The highest BCUT2D eigenvalue weighted by Gasteiger charge is 2.19. The van der Waals surface area contributed by atoms with Crippen LogP contribution in [0.25, 0.3) is 11.1 Å². The van der Waals surface area contributed by atoms with Gasteiger partial charge >= 0.3 is 0 Å². The van der Waals surface area contributed by atoms with Crippen LogP contribution in [-0.4, -0.2) is 4.98 Å². The molecule has 2 N–H and O–H groups in total. The first-order chi connectivity index (χ1) is 8.38. The molecule has 2 aromatic rings. The Morgan fingerprint density at radius 1 is 1.24 bits per heavy atom. The fraction of sp³-hybridized carbons (Fsp3) is 0.462. The molecule has 4 heteroatoms. The van der Waals surface area contributed by atoms with Crippen molar-refractivity contribution in [1.82, 2.24) is 4.98 Å². The Balaban J connectivity index is 2.05. The number of rotatable bonds is 2. The van der Waals surface area contributed by atoms with Gasteiger partial charge in [-0.25, -0.2) is 4.98 Å². The molecule has 17 heavy (non-hydrogen) atoms. The number of para-hydroxylation sites is 1. The van der Waals surface area contributed by atoms with Crippen molar-refractivity contribution >= 4 is 23.0 Å². The van der Waals surface area contributed by atoms with Crippen LogP contribution in [-0.2, 0) is 0 Å². The molecular weight excluding hydrogens is 232 g/mol. The molecular formula is C13H16N2OS. The summed E-state index contributed by atoms with van der Waals surface area (Å²) in [5.74, 6) is 0.646. The van der Waals surface area contributed by atoms with Crippen LogP contribution in [0.15, 0.2) is 27.8 Å². The van der Waals surface area contributed by atoms with E-state index < -0.39 is 0 Å². The average molecular weight is 248 g/mol. The molecule has 1 fully saturated rings. The van der Waals surface area contributed by atoms with Crippen LogP contribution in [0.5, 0.6) is 0 Å². The van der Waals surface area contributed by atoms with Gasteiger partial charge in [-0.3, -0.25) is 5.14 Å². The highest BCUT2D eigenvalue weighted by atomic mass is 32.2. The molecule has 1 aromatic carbocycles. The highest BCUT2D eigenvalue weighted by molar-refractivity contribution is 7.96. The van der Waals surface area contributed by atoms with Crippen LogP contribution >= 0.6 is 11.9 Å². The molecule has 0 spiro atoms. The molecule has 0 saturated heterocycles. The van der Waals surface area contributed by atoms with E-state index >= 15 is 0 Å². The van der Waals surface area contributed by atoms with E-state index in [9.17, 15) is 0 Å². The van der Waals surface area contributed by atoms with Gasteiger partial charge in [0.1, 0.15) is 5.52 Å². The van der Waals surface area contributed by atoms with Gasteiger partial charge in [0, 0.05) is 11.9 Å². The summed E-state index contributed by atoms with van der Waals surface area (Å²) in [5, 5.41) is 6.06. The molecule has 3 rings (SSSR count). The normalized spacial score (nSPS) is 17.7. The number of hydrogen-bond acceptors (Lipinski definition) is 4. The van der Waals surface area contributed by atoms with E-state index in [0.717, 1.165) is 23.0 Å². The maximum absolute atomic E-state index is 5.58. The lowest BCUT2D eigenvalue weighted by atomic mass is 9.84. The van der Waals surface area contributed by atoms with Crippen LogP contribution in [0.1, 0.15) is 43.6 Å². The van der Waals surface area contributed by atoms with Crippen molar-refractivity contribution in [3.8, 4) is 0 Å². The molecule has 1 saturated carbocycles. The van der Waals surface area contributed by atoms with E-state index in [1.54, 1.807) is 0 Å². The number of oxazole rings is 1. The smallest absolute Gasteiger partial charge is 0.272 e. The second-order valence-corrected chi connectivity index (χ2v) is 5.21. The number of nitrogens with two attached hydrogens (primary N) is 1. The van der Waals surface area contributed by atoms with Crippen LogP contribution in [0.2, 0.25) is 0 Å². The topological polar surface area (TPSA) is 52.0 Å². The minimum atomic E-state index is 0.559. The Morgan fingerprint density at radius 2 is 2.06 bits per heavy atom. The third-order valence-electron chi connectivity index (χ3n) is 3.58. The largest absolute Gasteiger partial charge is 0.430 e. The number of benzene rings is 1. The van der Waals surface area contributed by atoms with Gasteiger partial charge in [-0.05, 0) is 30.4 Å². The van der Waals surface area contributed by atoms with E-state index in [2.05, 4.69) is 17.1 Å². The van der Waals surface area contributed by atoms with Crippen molar-refractivity contribution in [2.24, 2.45) is 5.14 Å². The molecule has 0 bridgehead atoms.